The van der Waals surface area contributed by atoms with Gasteiger partial charge in [0.2, 0.25) is 0 Å². The summed E-state index contributed by atoms with van der Waals surface area (Å²) in [6.07, 6.45) is -0.771. The van der Waals surface area contributed by atoms with Gasteiger partial charge in [-0.15, -0.1) is 0 Å². The molecule has 0 saturated heterocycles. The molecule has 110 valence electrons. The summed E-state index contributed by atoms with van der Waals surface area (Å²) in [5.41, 5.74) is -0.698. The lowest BCUT2D eigenvalue weighted by atomic mass is 10.1. The second kappa shape index (κ2) is 6.42. The van der Waals surface area contributed by atoms with E-state index in [4.69, 9.17) is 0 Å². The zero-order valence-corrected chi connectivity index (χ0v) is 11.5. The lowest BCUT2D eigenvalue weighted by Gasteiger charge is -2.15. The number of carbonyl (C=O) groups is 1. The number of amides is 1. The van der Waals surface area contributed by atoms with Gasteiger partial charge in [-0.1, -0.05) is 13.8 Å². The molecule has 0 radical (unpaired) electrons. The second-order valence-electron chi connectivity index (χ2n) is 4.90. The van der Waals surface area contributed by atoms with Crippen LogP contribution in [-0.2, 0) is 0 Å². The van der Waals surface area contributed by atoms with E-state index in [1.165, 1.54) is 6.92 Å². The zero-order chi connectivity index (χ0) is 15.4. The van der Waals surface area contributed by atoms with Crippen LogP contribution in [0.4, 0.5) is 10.1 Å². The summed E-state index contributed by atoms with van der Waals surface area (Å²) >= 11 is 0. The first-order chi connectivity index (χ1) is 9.23. The number of halogens is 1. The number of rotatable bonds is 5. The van der Waals surface area contributed by atoms with Gasteiger partial charge in [0.15, 0.2) is 0 Å². The molecule has 0 aliphatic rings. The summed E-state index contributed by atoms with van der Waals surface area (Å²) in [5.74, 6) is -1.57. The van der Waals surface area contributed by atoms with Crippen molar-refractivity contribution < 1.29 is 19.2 Å². The number of nitrogens with one attached hydrogen (secondary N) is 1. The van der Waals surface area contributed by atoms with Gasteiger partial charge in [0.25, 0.3) is 11.6 Å². The minimum absolute atomic E-state index is 0.0524. The number of aliphatic hydroxyl groups is 1. The fourth-order valence-corrected chi connectivity index (χ4v) is 1.68. The van der Waals surface area contributed by atoms with Gasteiger partial charge in [-0.2, -0.15) is 0 Å². The summed E-state index contributed by atoms with van der Waals surface area (Å²) in [6, 6.07) is 1.82. The van der Waals surface area contributed by atoms with Crippen molar-refractivity contribution >= 4 is 11.6 Å². The summed E-state index contributed by atoms with van der Waals surface area (Å²) in [4.78, 5) is 22.1. The van der Waals surface area contributed by atoms with Crippen molar-refractivity contribution in [2.24, 2.45) is 5.92 Å². The number of aryl methyl sites for hydroxylation is 1. The third-order valence-electron chi connectivity index (χ3n) is 2.93. The largest absolute Gasteiger partial charge is 0.391 e. The topological polar surface area (TPSA) is 92.5 Å². The number of nitrogens with zero attached hydrogens (tertiary/aromatic N) is 1. The van der Waals surface area contributed by atoms with Crippen LogP contribution in [-0.4, -0.2) is 28.6 Å². The van der Waals surface area contributed by atoms with E-state index in [0.29, 0.717) is 0 Å². The molecular weight excluding hydrogens is 267 g/mol. The molecule has 0 aliphatic carbocycles. The average molecular weight is 284 g/mol. The lowest BCUT2D eigenvalue weighted by Crippen LogP contribution is -2.35. The Morgan fingerprint density at radius 3 is 2.60 bits per heavy atom. The molecule has 0 aliphatic heterocycles. The number of benzene rings is 1. The Morgan fingerprint density at radius 2 is 2.10 bits per heavy atom. The molecule has 1 unspecified atom stereocenters. The smallest absolute Gasteiger partial charge is 0.285 e. The van der Waals surface area contributed by atoms with Gasteiger partial charge < -0.3 is 10.4 Å². The summed E-state index contributed by atoms with van der Waals surface area (Å²) in [6.45, 7) is 4.85. The van der Waals surface area contributed by atoms with Crippen LogP contribution >= 0.6 is 0 Å². The van der Waals surface area contributed by atoms with Crippen molar-refractivity contribution in [3.63, 3.8) is 0 Å². The Labute approximate surface area is 115 Å². The van der Waals surface area contributed by atoms with Gasteiger partial charge in [-0.25, -0.2) is 4.39 Å². The van der Waals surface area contributed by atoms with E-state index < -0.39 is 28.4 Å². The molecule has 1 aromatic rings. The minimum atomic E-state index is -0.779. The van der Waals surface area contributed by atoms with Gasteiger partial charge in [0, 0.05) is 12.1 Å². The Kier molecular flexibility index (Phi) is 5.15. The maximum absolute atomic E-state index is 13.3. The molecule has 0 saturated carbocycles. The SMILES string of the molecule is Cc1cc(F)cc(C(=O)NCC(O)C(C)C)c1[N+](=O)[O-]. The molecule has 0 heterocycles. The molecule has 0 spiro atoms. The number of nitro groups is 1. The fraction of sp³-hybridized carbons (Fsp3) is 0.462. The van der Waals surface area contributed by atoms with Crippen molar-refractivity contribution in [2.45, 2.75) is 26.9 Å². The molecule has 0 bridgehead atoms. The first kappa shape index (κ1) is 16.0. The van der Waals surface area contributed by atoms with E-state index in [1.807, 2.05) is 0 Å². The van der Waals surface area contributed by atoms with Gasteiger partial charge >= 0.3 is 0 Å². The van der Waals surface area contributed by atoms with Gasteiger partial charge in [-0.3, -0.25) is 14.9 Å². The third kappa shape index (κ3) is 3.74. The zero-order valence-electron chi connectivity index (χ0n) is 11.5. The van der Waals surface area contributed by atoms with Crippen LogP contribution in [0.25, 0.3) is 0 Å². The molecule has 20 heavy (non-hydrogen) atoms. The van der Waals surface area contributed by atoms with E-state index in [2.05, 4.69) is 5.32 Å². The van der Waals surface area contributed by atoms with E-state index in [1.54, 1.807) is 13.8 Å². The first-order valence-corrected chi connectivity index (χ1v) is 6.14. The Bertz CT molecular complexity index is 531. The van der Waals surface area contributed by atoms with E-state index in [-0.39, 0.29) is 23.6 Å². The molecule has 0 aromatic heterocycles. The number of carbonyl (C=O) groups excluding carboxylic acids is 1. The van der Waals surface area contributed by atoms with Crippen LogP contribution in [0.15, 0.2) is 12.1 Å². The Hall–Kier alpha value is -2.02. The Morgan fingerprint density at radius 1 is 1.50 bits per heavy atom. The molecular formula is C13H17FN2O4. The normalized spacial score (nSPS) is 12.3. The third-order valence-corrected chi connectivity index (χ3v) is 2.93. The molecule has 1 aromatic carbocycles. The van der Waals surface area contributed by atoms with E-state index in [9.17, 15) is 24.4 Å². The minimum Gasteiger partial charge on any atom is -0.391 e. The monoisotopic (exact) mass is 284 g/mol. The molecule has 1 rings (SSSR count). The summed E-state index contributed by atoms with van der Waals surface area (Å²) in [5, 5.41) is 22.9. The maximum Gasteiger partial charge on any atom is 0.285 e. The molecule has 1 amide bonds. The highest BCUT2D eigenvalue weighted by molar-refractivity contribution is 5.98. The number of nitro benzene ring substituents is 1. The van der Waals surface area contributed by atoms with E-state index >= 15 is 0 Å². The van der Waals surface area contributed by atoms with Crippen LogP contribution in [0.3, 0.4) is 0 Å². The maximum atomic E-state index is 13.3. The highest BCUT2D eigenvalue weighted by Gasteiger charge is 2.24. The van der Waals surface area contributed by atoms with Crippen LogP contribution < -0.4 is 5.32 Å². The summed E-state index contributed by atoms with van der Waals surface area (Å²) in [7, 11) is 0. The average Bonchev–Trinajstić information content (AvgIpc) is 2.33. The number of hydrogen-bond acceptors (Lipinski definition) is 4. The second-order valence-corrected chi connectivity index (χ2v) is 4.90. The number of aliphatic hydroxyl groups excluding tert-OH is 1. The predicted molar refractivity (Wildman–Crippen MR) is 71.0 cm³/mol. The van der Waals surface area contributed by atoms with Crippen molar-refractivity contribution in [2.75, 3.05) is 6.54 Å². The molecule has 6 nitrogen and oxygen atoms in total. The predicted octanol–water partition coefficient (Wildman–Crippen LogP) is 1.79. The lowest BCUT2D eigenvalue weighted by molar-refractivity contribution is -0.385. The van der Waals surface area contributed by atoms with Gasteiger partial charge in [-0.05, 0) is 25.0 Å². The highest BCUT2D eigenvalue weighted by Crippen LogP contribution is 2.24. The van der Waals surface area contributed by atoms with Gasteiger partial charge in [0.05, 0.1) is 11.0 Å². The van der Waals surface area contributed by atoms with Crippen molar-refractivity contribution in [1.82, 2.24) is 5.32 Å². The summed E-state index contributed by atoms with van der Waals surface area (Å²) < 4.78 is 13.3. The molecule has 2 N–H and O–H groups in total. The quantitative estimate of drug-likeness (QED) is 0.637. The highest BCUT2D eigenvalue weighted by atomic mass is 19.1. The van der Waals surface area contributed by atoms with E-state index in [0.717, 1.165) is 12.1 Å². The Balaban J connectivity index is 3.01. The molecule has 1 atom stereocenters. The van der Waals surface area contributed by atoms with Crippen LogP contribution in [0.5, 0.6) is 0 Å². The van der Waals surface area contributed by atoms with Crippen molar-refractivity contribution in [3.8, 4) is 0 Å². The van der Waals surface area contributed by atoms with Crippen molar-refractivity contribution in [3.05, 3.63) is 39.2 Å². The fourth-order valence-electron chi connectivity index (χ4n) is 1.68. The number of hydrogen-bond donors (Lipinski definition) is 2. The van der Waals surface area contributed by atoms with Gasteiger partial charge in [0.1, 0.15) is 11.4 Å². The van der Waals surface area contributed by atoms with Crippen LogP contribution in [0.2, 0.25) is 0 Å². The molecule has 0 fully saturated rings. The van der Waals surface area contributed by atoms with Crippen LogP contribution in [0.1, 0.15) is 29.8 Å². The first-order valence-electron chi connectivity index (χ1n) is 6.14. The van der Waals surface area contributed by atoms with Crippen molar-refractivity contribution in [1.29, 1.82) is 0 Å². The molecule has 7 heteroatoms. The van der Waals surface area contributed by atoms with Crippen LogP contribution in [0, 0.1) is 28.8 Å². The standard InChI is InChI=1S/C13H17FN2O4/c1-7(2)11(17)6-15-13(18)10-5-9(14)4-8(3)12(10)16(19)20/h4-5,7,11,17H,6H2,1-3H3,(H,15,18).